The zero-order chi connectivity index (χ0) is 23.5. The lowest BCUT2D eigenvalue weighted by Gasteiger charge is -2.39. The van der Waals surface area contributed by atoms with Gasteiger partial charge in [-0.1, -0.05) is 18.8 Å². The van der Waals surface area contributed by atoms with Crippen LogP contribution in [0.2, 0.25) is 0 Å². The molecule has 0 radical (unpaired) electrons. The van der Waals surface area contributed by atoms with E-state index in [2.05, 4.69) is 18.8 Å². The maximum Gasteiger partial charge on any atom is 0.350 e. The van der Waals surface area contributed by atoms with Crippen LogP contribution in [0.1, 0.15) is 93.6 Å². The third kappa shape index (κ3) is 6.14. The van der Waals surface area contributed by atoms with Gasteiger partial charge in [-0.25, -0.2) is 4.79 Å². The van der Waals surface area contributed by atoms with Crippen LogP contribution in [0.15, 0.2) is 6.07 Å². The molecule has 0 aromatic carbocycles. The minimum Gasteiger partial charge on any atom is -0.465 e. The smallest absolute Gasteiger partial charge is 0.350 e. The Hall–Kier alpha value is -1.84. The number of amides is 1. The fourth-order valence-electron chi connectivity index (χ4n) is 4.68. The number of nitrogens with zero attached hydrogens (tertiary/aromatic N) is 1. The molecular weight excluding hydrogens is 422 g/mol. The zero-order valence-electron chi connectivity index (χ0n) is 20.1. The van der Waals surface area contributed by atoms with Gasteiger partial charge in [0.25, 0.3) is 0 Å². The Kier molecular flexibility index (Phi) is 8.06. The van der Waals surface area contributed by atoms with Crippen LogP contribution in [0.4, 0.5) is 5.69 Å². The summed E-state index contributed by atoms with van der Waals surface area (Å²) >= 11 is 1.29. The molecule has 0 saturated heterocycles. The van der Waals surface area contributed by atoms with Gasteiger partial charge >= 0.3 is 5.97 Å². The first kappa shape index (κ1) is 24.8. The molecule has 0 aliphatic heterocycles. The molecule has 2 saturated carbocycles. The summed E-state index contributed by atoms with van der Waals surface area (Å²) in [6.45, 7) is 8.36. The van der Waals surface area contributed by atoms with Crippen LogP contribution in [0.5, 0.6) is 0 Å². The van der Waals surface area contributed by atoms with E-state index >= 15 is 0 Å². The minimum atomic E-state index is -0.444. The predicted octanol–water partition coefficient (Wildman–Crippen LogP) is 5.40. The summed E-state index contributed by atoms with van der Waals surface area (Å²) in [5.74, 6) is 6.65. The van der Waals surface area contributed by atoms with Crippen LogP contribution >= 0.6 is 11.3 Å². The highest BCUT2D eigenvalue weighted by Gasteiger charge is 2.37. The number of ether oxygens (including phenoxy) is 1. The summed E-state index contributed by atoms with van der Waals surface area (Å²) in [6.07, 6.45) is 6.41. The Morgan fingerprint density at radius 2 is 1.84 bits per heavy atom. The van der Waals surface area contributed by atoms with Crippen molar-refractivity contribution < 1.29 is 19.4 Å². The summed E-state index contributed by atoms with van der Waals surface area (Å²) in [7, 11) is 1.37. The molecule has 1 heterocycles. The van der Waals surface area contributed by atoms with E-state index in [1.807, 2.05) is 31.7 Å². The second-order valence-electron chi connectivity index (χ2n) is 10.5. The average Bonchev–Trinajstić information content (AvgIpc) is 3.16. The Morgan fingerprint density at radius 1 is 1.16 bits per heavy atom. The van der Waals surface area contributed by atoms with Gasteiger partial charge in [0.2, 0.25) is 5.91 Å². The quantitative estimate of drug-likeness (QED) is 0.484. The van der Waals surface area contributed by atoms with Gasteiger partial charge in [-0.05, 0) is 84.1 Å². The van der Waals surface area contributed by atoms with E-state index in [4.69, 9.17) is 4.74 Å². The van der Waals surface area contributed by atoms with Gasteiger partial charge in [0, 0.05) is 17.4 Å². The van der Waals surface area contributed by atoms with Crippen molar-refractivity contribution in [1.82, 2.24) is 0 Å². The molecule has 0 bridgehead atoms. The number of anilines is 1. The zero-order valence-corrected chi connectivity index (χ0v) is 20.9. The molecule has 32 heavy (non-hydrogen) atoms. The molecule has 6 heteroatoms. The molecule has 1 N–H and O–H groups in total. The van der Waals surface area contributed by atoms with Crippen molar-refractivity contribution in [3.63, 3.8) is 0 Å². The maximum atomic E-state index is 13.9. The summed E-state index contributed by atoms with van der Waals surface area (Å²) in [5.41, 5.74) is 0.431. The van der Waals surface area contributed by atoms with Gasteiger partial charge < -0.3 is 14.7 Å². The number of esters is 1. The van der Waals surface area contributed by atoms with Crippen molar-refractivity contribution in [2.75, 3.05) is 12.0 Å². The monoisotopic (exact) mass is 459 g/mol. The van der Waals surface area contributed by atoms with Crippen LogP contribution in [-0.2, 0) is 9.53 Å². The fourth-order valence-corrected chi connectivity index (χ4v) is 5.60. The number of thiophene rings is 1. The molecular formula is C26H37NO4S. The first-order valence-corrected chi connectivity index (χ1v) is 12.7. The van der Waals surface area contributed by atoms with E-state index in [-0.39, 0.29) is 23.3 Å². The van der Waals surface area contributed by atoms with Crippen LogP contribution in [0.3, 0.4) is 0 Å². The maximum absolute atomic E-state index is 13.9. The number of aliphatic hydroxyl groups excluding tert-OH is 1. The Bertz CT molecular complexity index is 880. The third-order valence-electron chi connectivity index (χ3n) is 6.49. The topological polar surface area (TPSA) is 66.8 Å². The SMILES string of the molecule is COC(=O)c1sc(C#CC(C)(C)C)cc1N(C(=O)C1CCC(C)CC1)C1CCCC(O)C1. The first-order valence-electron chi connectivity index (χ1n) is 11.9. The van der Waals surface area contributed by atoms with Gasteiger partial charge in [0.1, 0.15) is 4.88 Å². The van der Waals surface area contributed by atoms with E-state index in [0.29, 0.717) is 22.9 Å². The van der Waals surface area contributed by atoms with Gasteiger partial charge in [0.15, 0.2) is 0 Å². The van der Waals surface area contributed by atoms with E-state index in [1.165, 1.54) is 18.4 Å². The third-order valence-corrected chi connectivity index (χ3v) is 7.51. The summed E-state index contributed by atoms with van der Waals surface area (Å²) in [4.78, 5) is 29.6. The highest BCUT2D eigenvalue weighted by Crippen LogP contribution is 2.39. The first-order chi connectivity index (χ1) is 15.1. The summed E-state index contributed by atoms with van der Waals surface area (Å²) in [6, 6.07) is 1.76. The standard InChI is InChI=1S/C26H37NO4S/c1-17-9-11-18(12-10-17)24(29)27(19-7-6-8-20(28)15-19)22-16-21(13-14-26(2,3)4)32-23(22)25(30)31-5/h16-20,28H,6-12,15H2,1-5H3. The molecule has 1 aromatic heterocycles. The molecule has 0 spiro atoms. The Balaban J connectivity index is 2.04. The minimum absolute atomic E-state index is 0.0419. The van der Waals surface area contributed by atoms with Crippen molar-refractivity contribution in [1.29, 1.82) is 0 Å². The van der Waals surface area contributed by atoms with Crippen molar-refractivity contribution in [3.8, 4) is 11.8 Å². The summed E-state index contributed by atoms with van der Waals surface area (Å²) < 4.78 is 5.07. The van der Waals surface area contributed by atoms with Crippen molar-refractivity contribution in [2.45, 2.75) is 91.2 Å². The van der Waals surface area contributed by atoms with Gasteiger partial charge in [0.05, 0.1) is 23.8 Å². The molecule has 2 unspecified atom stereocenters. The van der Waals surface area contributed by atoms with Gasteiger partial charge in [-0.3, -0.25) is 4.79 Å². The number of methoxy groups -OCH3 is 1. The Morgan fingerprint density at radius 3 is 2.44 bits per heavy atom. The van der Waals surface area contributed by atoms with Gasteiger partial charge in [-0.2, -0.15) is 0 Å². The average molecular weight is 460 g/mol. The van der Waals surface area contributed by atoms with Crippen LogP contribution < -0.4 is 4.90 Å². The molecule has 2 fully saturated rings. The molecule has 5 nitrogen and oxygen atoms in total. The number of carbonyl (C=O) groups excluding carboxylic acids is 2. The molecule has 2 aliphatic rings. The van der Waals surface area contributed by atoms with Gasteiger partial charge in [-0.15, -0.1) is 11.3 Å². The van der Waals surface area contributed by atoms with Crippen molar-refractivity contribution >= 4 is 28.9 Å². The highest BCUT2D eigenvalue weighted by atomic mass is 32.1. The fraction of sp³-hybridized carbons (Fsp3) is 0.692. The summed E-state index contributed by atoms with van der Waals surface area (Å²) in [5, 5.41) is 10.4. The van der Waals surface area contributed by atoms with E-state index in [9.17, 15) is 14.7 Å². The lowest BCUT2D eigenvalue weighted by Crippen LogP contribution is -2.47. The van der Waals surface area contributed by atoms with Crippen molar-refractivity contribution in [2.24, 2.45) is 17.3 Å². The lowest BCUT2D eigenvalue weighted by atomic mass is 9.81. The molecule has 2 atom stereocenters. The highest BCUT2D eigenvalue weighted by molar-refractivity contribution is 7.15. The second-order valence-corrected chi connectivity index (χ2v) is 11.5. The molecule has 176 valence electrons. The lowest BCUT2D eigenvalue weighted by molar-refractivity contribution is -0.124. The molecule has 1 aromatic rings. The van der Waals surface area contributed by atoms with Crippen LogP contribution in [0, 0.1) is 29.1 Å². The van der Waals surface area contributed by atoms with E-state index in [0.717, 1.165) is 49.8 Å². The van der Waals surface area contributed by atoms with E-state index in [1.54, 1.807) is 0 Å². The van der Waals surface area contributed by atoms with E-state index < -0.39 is 12.1 Å². The second kappa shape index (κ2) is 10.4. The Labute approximate surface area is 196 Å². The molecule has 2 aliphatic carbocycles. The number of aliphatic hydroxyl groups is 1. The van der Waals surface area contributed by atoms with Crippen LogP contribution in [0.25, 0.3) is 0 Å². The number of hydrogen-bond acceptors (Lipinski definition) is 5. The van der Waals surface area contributed by atoms with Crippen LogP contribution in [-0.4, -0.2) is 36.2 Å². The number of hydrogen-bond donors (Lipinski definition) is 1. The number of carbonyl (C=O) groups is 2. The molecule has 1 amide bonds. The van der Waals surface area contributed by atoms with Crippen molar-refractivity contribution in [3.05, 3.63) is 15.8 Å². The molecule has 3 rings (SSSR count). The normalized spacial score (nSPS) is 26.1. The number of rotatable bonds is 4. The largest absolute Gasteiger partial charge is 0.465 e. The predicted molar refractivity (Wildman–Crippen MR) is 129 cm³/mol.